The summed E-state index contributed by atoms with van der Waals surface area (Å²) in [5.74, 6) is 1.56. The van der Waals surface area contributed by atoms with Crippen molar-refractivity contribution in [2.24, 2.45) is 5.92 Å². The standard InChI is InChI=1S/C23H27NO2/c1-18(2)17-26-23-11-7-6-10-20(23)14-21-16-24(13-12-22(21)25)15-19-8-4-3-5-9-19/h3-11,14,18H,12-13,15-17H2,1-2H3/b21-14+. The van der Waals surface area contributed by atoms with Gasteiger partial charge in [0, 0.05) is 37.2 Å². The van der Waals surface area contributed by atoms with E-state index in [1.165, 1.54) is 5.56 Å². The third kappa shape index (κ3) is 5.06. The van der Waals surface area contributed by atoms with Crippen LogP contribution in [0.15, 0.2) is 60.2 Å². The van der Waals surface area contributed by atoms with Crippen LogP contribution in [0.5, 0.6) is 5.75 Å². The van der Waals surface area contributed by atoms with Crippen molar-refractivity contribution in [1.29, 1.82) is 0 Å². The minimum absolute atomic E-state index is 0.243. The highest BCUT2D eigenvalue weighted by atomic mass is 16.5. The molecule has 1 aliphatic heterocycles. The van der Waals surface area contributed by atoms with Crippen molar-refractivity contribution in [2.75, 3.05) is 19.7 Å². The van der Waals surface area contributed by atoms with Gasteiger partial charge >= 0.3 is 0 Å². The van der Waals surface area contributed by atoms with E-state index in [-0.39, 0.29) is 5.78 Å². The Morgan fingerprint density at radius 3 is 2.58 bits per heavy atom. The molecule has 0 spiro atoms. The first-order chi connectivity index (χ1) is 12.6. The number of benzene rings is 2. The minimum atomic E-state index is 0.243. The first-order valence-electron chi connectivity index (χ1n) is 9.33. The average molecular weight is 349 g/mol. The number of ketones is 1. The Morgan fingerprint density at radius 1 is 1.08 bits per heavy atom. The molecule has 136 valence electrons. The molecule has 0 aliphatic carbocycles. The topological polar surface area (TPSA) is 29.5 Å². The summed E-state index contributed by atoms with van der Waals surface area (Å²) in [5, 5.41) is 0. The number of nitrogens with zero attached hydrogens (tertiary/aromatic N) is 1. The number of Topliss-reactive ketones (excluding diaryl/α,β-unsaturated/α-hetero) is 1. The number of ether oxygens (including phenoxy) is 1. The summed E-state index contributed by atoms with van der Waals surface area (Å²) in [5.41, 5.74) is 3.13. The van der Waals surface area contributed by atoms with E-state index >= 15 is 0 Å². The average Bonchev–Trinajstić information content (AvgIpc) is 2.64. The van der Waals surface area contributed by atoms with Gasteiger partial charge < -0.3 is 4.74 Å². The highest BCUT2D eigenvalue weighted by Gasteiger charge is 2.21. The van der Waals surface area contributed by atoms with Crippen molar-refractivity contribution in [1.82, 2.24) is 4.90 Å². The summed E-state index contributed by atoms with van der Waals surface area (Å²) in [6, 6.07) is 18.4. The number of piperidine rings is 1. The molecule has 0 N–H and O–H groups in total. The SMILES string of the molecule is CC(C)COc1ccccc1/C=C1\CN(Cc2ccccc2)CCC1=O. The number of rotatable bonds is 6. The molecule has 2 aromatic rings. The summed E-state index contributed by atoms with van der Waals surface area (Å²) < 4.78 is 5.93. The van der Waals surface area contributed by atoms with Crippen molar-refractivity contribution < 1.29 is 9.53 Å². The maximum atomic E-state index is 12.4. The normalized spacial score (nSPS) is 17.0. The molecule has 2 aromatic carbocycles. The van der Waals surface area contributed by atoms with Gasteiger partial charge in [-0.15, -0.1) is 0 Å². The Bertz CT molecular complexity index is 765. The van der Waals surface area contributed by atoms with Gasteiger partial charge in [-0.3, -0.25) is 9.69 Å². The zero-order valence-corrected chi connectivity index (χ0v) is 15.7. The fourth-order valence-corrected chi connectivity index (χ4v) is 3.11. The van der Waals surface area contributed by atoms with Crippen LogP contribution in [0.1, 0.15) is 31.4 Å². The van der Waals surface area contributed by atoms with E-state index in [1.54, 1.807) is 0 Å². The lowest BCUT2D eigenvalue weighted by Crippen LogP contribution is -2.35. The molecule has 26 heavy (non-hydrogen) atoms. The zero-order valence-electron chi connectivity index (χ0n) is 15.7. The van der Waals surface area contributed by atoms with E-state index in [4.69, 9.17) is 4.74 Å². The second-order valence-electron chi connectivity index (χ2n) is 7.28. The maximum absolute atomic E-state index is 12.4. The summed E-state index contributed by atoms with van der Waals surface area (Å²) >= 11 is 0. The molecule has 3 rings (SSSR count). The molecule has 0 bridgehead atoms. The quantitative estimate of drug-likeness (QED) is 0.715. The molecule has 0 aromatic heterocycles. The van der Waals surface area contributed by atoms with Gasteiger partial charge in [0.05, 0.1) is 6.61 Å². The third-order valence-corrected chi connectivity index (χ3v) is 4.48. The predicted molar refractivity (Wildman–Crippen MR) is 106 cm³/mol. The Balaban J connectivity index is 1.75. The lowest BCUT2D eigenvalue weighted by atomic mass is 9.99. The number of carbonyl (C=O) groups excluding carboxylic acids is 1. The number of likely N-dealkylation sites (tertiary alicyclic amines) is 1. The van der Waals surface area contributed by atoms with Crippen molar-refractivity contribution >= 4 is 11.9 Å². The van der Waals surface area contributed by atoms with E-state index < -0.39 is 0 Å². The second-order valence-corrected chi connectivity index (χ2v) is 7.28. The Labute approximate surface area is 156 Å². The molecule has 0 atom stereocenters. The molecule has 0 unspecified atom stereocenters. The Hall–Kier alpha value is -2.39. The van der Waals surface area contributed by atoms with E-state index in [0.717, 1.165) is 30.0 Å². The Kier molecular flexibility index (Phi) is 6.24. The maximum Gasteiger partial charge on any atom is 0.161 e. The van der Waals surface area contributed by atoms with Crippen molar-refractivity contribution in [3.8, 4) is 5.75 Å². The highest BCUT2D eigenvalue weighted by molar-refractivity contribution is 6.01. The van der Waals surface area contributed by atoms with E-state index in [9.17, 15) is 4.79 Å². The second kappa shape index (κ2) is 8.81. The van der Waals surface area contributed by atoms with Crippen LogP contribution in [0.2, 0.25) is 0 Å². The largest absolute Gasteiger partial charge is 0.493 e. The van der Waals surface area contributed by atoms with Gasteiger partial charge in [-0.1, -0.05) is 62.4 Å². The zero-order chi connectivity index (χ0) is 18.4. The number of para-hydroxylation sites is 1. The lowest BCUT2D eigenvalue weighted by Gasteiger charge is -2.28. The summed E-state index contributed by atoms with van der Waals surface area (Å²) in [6.45, 7) is 7.31. The van der Waals surface area contributed by atoms with Gasteiger partial charge in [-0.2, -0.15) is 0 Å². The smallest absolute Gasteiger partial charge is 0.161 e. The van der Waals surface area contributed by atoms with Gasteiger partial charge in [-0.25, -0.2) is 0 Å². The summed E-state index contributed by atoms with van der Waals surface area (Å²) in [4.78, 5) is 14.8. The lowest BCUT2D eigenvalue weighted by molar-refractivity contribution is -0.117. The fourth-order valence-electron chi connectivity index (χ4n) is 3.11. The van der Waals surface area contributed by atoms with Crippen LogP contribution < -0.4 is 4.74 Å². The number of carbonyl (C=O) groups is 1. The van der Waals surface area contributed by atoms with Gasteiger partial charge in [0.15, 0.2) is 5.78 Å². The van der Waals surface area contributed by atoms with Crippen LogP contribution in [-0.2, 0) is 11.3 Å². The van der Waals surface area contributed by atoms with Crippen LogP contribution in [0.25, 0.3) is 6.08 Å². The van der Waals surface area contributed by atoms with E-state index in [2.05, 4.69) is 43.0 Å². The summed E-state index contributed by atoms with van der Waals surface area (Å²) in [7, 11) is 0. The number of hydrogen-bond donors (Lipinski definition) is 0. The van der Waals surface area contributed by atoms with Gasteiger partial charge in [0.25, 0.3) is 0 Å². The van der Waals surface area contributed by atoms with E-state index in [0.29, 0.717) is 25.5 Å². The molecule has 0 saturated carbocycles. The molecule has 1 saturated heterocycles. The molecule has 0 amide bonds. The molecular formula is C23H27NO2. The molecule has 0 radical (unpaired) electrons. The number of hydrogen-bond acceptors (Lipinski definition) is 3. The first-order valence-corrected chi connectivity index (χ1v) is 9.33. The predicted octanol–water partition coefficient (Wildman–Crippen LogP) is 4.58. The molecule has 1 fully saturated rings. The third-order valence-electron chi connectivity index (χ3n) is 4.48. The van der Waals surface area contributed by atoms with Crippen LogP contribution in [0, 0.1) is 5.92 Å². The van der Waals surface area contributed by atoms with Gasteiger partial charge in [0.2, 0.25) is 0 Å². The molecule has 3 heteroatoms. The highest BCUT2D eigenvalue weighted by Crippen LogP contribution is 2.24. The van der Waals surface area contributed by atoms with Crippen molar-refractivity contribution in [3.05, 3.63) is 71.3 Å². The minimum Gasteiger partial charge on any atom is -0.493 e. The molecular weight excluding hydrogens is 322 g/mol. The van der Waals surface area contributed by atoms with Crippen LogP contribution in [-0.4, -0.2) is 30.4 Å². The first kappa shape index (κ1) is 18.4. The van der Waals surface area contributed by atoms with Crippen molar-refractivity contribution in [3.63, 3.8) is 0 Å². The summed E-state index contributed by atoms with van der Waals surface area (Å²) in [6.07, 6.45) is 2.59. The van der Waals surface area contributed by atoms with Crippen LogP contribution >= 0.6 is 0 Å². The van der Waals surface area contributed by atoms with Crippen LogP contribution in [0.3, 0.4) is 0 Å². The van der Waals surface area contributed by atoms with Crippen molar-refractivity contribution in [2.45, 2.75) is 26.8 Å². The van der Waals surface area contributed by atoms with Crippen LogP contribution in [0.4, 0.5) is 0 Å². The molecule has 3 nitrogen and oxygen atoms in total. The Morgan fingerprint density at radius 2 is 1.81 bits per heavy atom. The monoisotopic (exact) mass is 349 g/mol. The molecule has 1 aliphatic rings. The molecule has 1 heterocycles. The van der Waals surface area contributed by atoms with Gasteiger partial charge in [-0.05, 0) is 23.6 Å². The van der Waals surface area contributed by atoms with E-state index in [1.807, 2.05) is 36.4 Å². The van der Waals surface area contributed by atoms with Gasteiger partial charge in [0.1, 0.15) is 5.75 Å². The fraction of sp³-hybridized carbons (Fsp3) is 0.348.